The minimum Gasteiger partial charge on any atom is -0.493 e. The van der Waals surface area contributed by atoms with E-state index in [2.05, 4.69) is 10.6 Å². The third-order valence-corrected chi connectivity index (χ3v) is 4.66. The van der Waals surface area contributed by atoms with Crippen molar-refractivity contribution in [2.45, 2.75) is 19.9 Å². The van der Waals surface area contributed by atoms with Gasteiger partial charge in [-0.3, -0.25) is 9.59 Å². The number of nitrogens with one attached hydrogen (secondary N) is 2. The third-order valence-electron chi connectivity index (χ3n) is 4.66. The first-order valence-electron chi connectivity index (χ1n) is 8.88. The van der Waals surface area contributed by atoms with Crippen molar-refractivity contribution in [3.63, 3.8) is 0 Å². The molecule has 2 amide bonds. The van der Waals surface area contributed by atoms with Crippen LogP contribution in [0.2, 0.25) is 0 Å². The monoisotopic (exact) mass is 368 g/mol. The number of carbonyl (C=O) groups excluding carboxylic acids is 2. The van der Waals surface area contributed by atoms with Gasteiger partial charge >= 0.3 is 0 Å². The van der Waals surface area contributed by atoms with Gasteiger partial charge in [-0.2, -0.15) is 0 Å². The Morgan fingerprint density at radius 3 is 2.44 bits per heavy atom. The summed E-state index contributed by atoms with van der Waals surface area (Å²) in [6.45, 7) is 2.35. The van der Waals surface area contributed by atoms with Gasteiger partial charge in [-0.05, 0) is 48.7 Å². The molecule has 0 saturated heterocycles. The first-order valence-corrected chi connectivity index (χ1v) is 8.88. The van der Waals surface area contributed by atoms with Crippen molar-refractivity contribution in [2.75, 3.05) is 19.5 Å². The van der Waals surface area contributed by atoms with Gasteiger partial charge < -0.3 is 20.1 Å². The maximum absolute atomic E-state index is 12.3. The van der Waals surface area contributed by atoms with Crippen LogP contribution >= 0.6 is 0 Å². The second-order valence-corrected chi connectivity index (χ2v) is 6.71. The molecule has 2 aromatic rings. The van der Waals surface area contributed by atoms with Crippen LogP contribution in [0.25, 0.3) is 0 Å². The lowest BCUT2D eigenvalue weighted by molar-refractivity contribution is -0.125. The number of anilines is 1. The van der Waals surface area contributed by atoms with E-state index >= 15 is 0 Å². The first kappa shape index (κ1) is 18.8. The molecular formula is C21H24N2O4. The average molecular weight is 368 g/mol. The van der Waals surface area contributed by atoms with Gasteiger partial charge in [0.15, 0.2) is 11.5 Å². The molecule has 0 spiro atoms. The Hall–Kier alpha value is -3.02. The van der Waals surface area contributed by atoms with E-state index in [0.717, 1.165) is 16.8 Å². The molecule has 1 aliphatic rings. The van der Waals surface area contributed by atoms with Gasteiger partial charge in [0.2, 0.25) is 11.8 Å². The Balaban J connectivity index is 1.50. The van der Waals surface area contributed by atoms with Crippen LogP contribution < -0.4 is 20.1 Å². The summed E-state index contributed by atoms with van der Waals surface area (Å²) in [6, 6.07) is 13.1. The molecule has 2 N–H and O–H groups in total. The van der Waals surface area contributed by atoms with Gasteiger partial charge in [-0.1, -0.05) is 18.2 Å². The van der Waals surface area contributed by atoms with Crippen LogP contribution in [0.3, 0.4) is 0 Å². The Morgan fingerprint density at radius 1 is 1.00 bits per heavy atom. The highest BCUT2D eigenvalue weighted by Gasteiger charge is 2.47. The lowest BCUT2D eigenvalue weighted by atomic mass is 10.2. The highest BCUT2D eigenvalue weighted by Crippen LogP contribution is 2.39. The fourth-order valence-electron chi connectivity index (χ4n) is 3.04. The summed E-state index contributed by atoms with van der Waals surface area (Å²) in [7, 11) is 3.15. The molecule has 0 aromatic heterocycles. The van der Waals surface area contributed by atoms with Gasteiger partial charge in [0, 0.05) is 12.2 Å². The van der Waals surface area contributed by atoms with Crippen molar-refractivity contribution in [3.05, 3.63) is 53.6 Å². The molecule has 0 aliphatic heterocycles. The first-order chi connectivity index (χ1) is 13.0. The van der Waals surface area contributed by atoms with Crippen LogP contribution in [0.5, 0.6) is 11.5 Å². The van der Waals surface area contributed by atoms with E-state index in [1.54, 1.807) is 20.3 Å². The van der Waals surface area contributed by atoms with Crippen LogP contribution in [0.15, 0.2) is 42.5 Å². The van der Waals surface area contributed by atoms with E-state index < -0.39 is 0 Å². The Morgan fingerprint density at radius 2 is 1.74 bits per heavy atom. The molecule has 1 fully saturated rings. The van der Waals surface area contributed by atoms with Crippen molar-refractivity contribution in [1.29, 1.82) is 0 Å². The van der Waals surface area contributed by atoms with E-state index in [4.69, 9.17) is 9.47 Å². The molecule has 6 heteroatoms. The molecule has 2 atom stereocenters. The minimum atomic E-state index is -0.269. The second kappa shape index (κ2) is 8.12. The molecule has 2 aromatic carbocycles. The zero-order valence-corrected chi connectivity index (χ0v) is 15.7. The standard InChI is InChI=1S/C21H24N2O4/c1-13-5-4-6-15(9-13)23-21(25)17-11-16(17)20(24)22-12-14-7-8-18(26-2)19(10-14)27-3/h4-10,16-17H,11-12H2,1-3H3,(H,22,24)(H,23,25). The lowest BCUT2D eigenvalue weighted by Crippen LogP contribution is -2.27. The highest BCUT2D eigenvalue weighted by molar-refractivity contribution is 5.99. The van der Waals surface area contributed by atoms with E-state index in [1.165, 1.54) is 0 Å². The average Bonchev–Trinajstić information content (AvgIpc) is 3.47. The predicted molar refractivity (Wildman–Crippen MR) is 103 cm³/mol. The fourth-order valence-corrected chi connectivity index (χ4v) is 3.04. The van der Waals surface area contributed by atoms with Crippen LogP contribution in [0, 0.1) is 18.8 Å². The minimum absolute atomic E-state index is 0.103. The number of hydrogen-bond acceptors (Lipinski definition) is 4. The van der Waals surface area contributed by atoms with Gasteiger partial charge in [0.05, 0.1) is 26.1 Å². The summed E-state index contributed by atoms with van der Waals surface area (Å²) in [6.07, 6.45) is 0.579. The number of aryl methyl sites for hydroxylation is 1. The van der Waals surface area contributed by atoms with Gasteiger partial charge in [0.25, 0.3) is 0 Å². The van der Waals surface area contributed by atoms with E-state index in [-0.39, 0.29) is 23.7 Å². The van der Waals surface area contributed by atoms with Crippen molar-refractivity contribution in [1.82, 2.24) is 5.32 Å². The molecule has 142 valence electrons. The number of benzene rings is 2. The molecular weight excluding hydrogens is 344 g/mol. The number of methoxy groups -OCH3 is 2. The van der Waals surface area contributed by atoms with E-state index in [1.807, 2.05) is 43.3 Å². The quantitative estimate of drug-likeness (QED) is 0.788. The summed E-state index contributed by atoms with van der Waals surface area (Å²) < 4.78 is 10.5. The molecule has 27 heavy (non-hydrogen) atoms. The zero-order chi connectivity index (χ0) is 19.4. The molecule has 6 nitrogen and oxygen atoms in total. The van der Waals surface area contributed by atoms with Crippen molar-refractivity contribution in [3.8, 4) is 11.5 Å². The number of hydrogen-bond donors (Lipinski definition) is 2. The van der Waals surface area contributed by atoms with Crippen molar-refractivity contribution < 1.29 is 19.1 Å². The third kappa shape index (κ3) is 4.58. The molecule has 1 aliphatic carbocycles. The van der Waals surface area contributed by atoms with Gasteiger partial charge in [0.1, 0.15) is 0 Å². The van der Waals surface area contributed by atoms with Crippen LogP contribution in [-0.4, -0.2) is 26.0 Å². The summed E-state index contributed by atoms with van der Waals surface area (Å²) >= 11 is 0. The molecule has 1 saturated carbocycles. The smallest absolute Gasteiger partial charge is 0.228 e. The fraction of sp³-hybridized carbons (Fsp3) is 0.333. The second-order valence-electron chi connectivity index (χ2n) is 6.71. The SMILES string of the molecule is COc1ccc(CNC(=O)C2CC2C(=O)Nc2cccc(C)c2)cc1OC. The van der Waals surface area contributed by atoms with Gasteiger partial charge in [-0.15, -0.1) is 0 Å². The molecule has 0 heterocycles. The zero-order valence-electron chi connectivity index (χ0n) is 15.7. The Bertz CT molecular complexity index is 850. The van der Waals surface area contributed by atoms with Gasteiger partial charge in [-0.25, -0.2) is 0 Å². The number of carbonyl (C=O) groups is 2. The topological polar surface area (TPSA) is 76.7 Å². The highest BCUT2D eigenvalue weighted by atomic mass is 16.5. The maximum atomic E-state index is 12.3. The Kier molecular flexibility index (Phi) is 5.64. The summed E-state index contributed by atoms with van der Waals surface area (Å²) in [4.78, 5) is 24.6. The van der Waals surface area contributed by atoms with Crippen LogP contribution in [-0.2, 0) is 16.1 Å². The Labute approximate surface area is 158 Å². The molecule has 3 rings (SSSR count). The summed E-state index contributed by atoms with van der Waals surface area (Å²) in [5.41, 5.74) is 2.74. The van der Waals surface area contributed by atoms with Crippen LogP contribution in [0.1, 0.15) is 17.5 Å². The maximum Gasteiger partial charge on any atom is 0.228 e. The normalized spacial score (nSPS) is 17.7. The molecule has 2 unspecified atom stereocenters. The lowest BCUT2D eigenvalue weighted by Gasteiger charge is -2.10. The number of amides is 2. The summed E-state index contributed by atoms with van der Waals surface area (Å²) in [5, 5.41) is 5.77. The largest absolute Gasteiger partial charge is 0.493 e. The summed E-state index contributed by atoms with van der Waals surface area (Å²) in [5.74, 6) is 0.514. The number of ether oxygens (including phenoxy) is 2. The molecule has 0 bridgehead atoms. The van der Waals surface area contributed by atoms with E-state index in [0.29, 0.717) is 24.5 Å². The predicted octanol–water partition coefficient (Wildman–Crippen LogP) is 2.90. The van der Waals surface area contributed by atoms with E-state index in [9.17, 15) is 9.59 Å². The van der Waals surface area contributed by atoms with Crippen LogP contribution in [0.4, 0.5) is 5.69 Å². The number of rotatable bonds is 7. The van der Waals surface area contributed by atoms with Crippen molar-refractivity contribution >= 4 is 17.5 Å². The molecule has 0 radical (unpaired) electrons. The van der Waals surface area contributed by atoms with Crippen molar-refractivity contribution in [2.24, 2.45) is 11.8 Å².